The Hall–Kier alpha value is -2.95. The van der Waals surface area contributed by atoms with Crippen LogP contribution in [0.2, 0.25) is 0 Å². The molecule has 130 valence electrons. The third-order valence-electron chi connectivity index (χ3n) is 3.81. The van der Waals surface area contributed by atoms with E-state index in [4.69, 9.17) is 0 Å². The zero-order valence-corrected chi connectivity index (χ0v) is 14.2. The van der Waals surface area contributed by atoms with Gasteiger partial charge in [0, 0.05) is 24.1 Å². The maximum Gasteiger partial charge on any atom is 0.305 e. The molecule has 0 unspecified atom stereocenters. The smallest absolute Gasteiger partial charge is 0.305 e. The van der Waals surface area contributed by atoms with Gasteiger partial charge in [-0.25, -0.2) is 0 Å². The summed E-state index contributed by atoms with van der Waals surface area (Å²) in [6.45, 7) is 0. The molecular weight excluding hydrogens is 318 g/mol. The highest BCUT2D eigenvalue weighted by Crippen LogP contribution is 2.18. The lowest BCUT2D eigenvalue weighted by Gasteiger charge is -2.11. The first-order valence-corrected chi connectivity index (χ1v) is 8.13. The van der Waals surface area contributed by atoms with Gasteiger partial charge >= 0.3 is 5.97 Å². The number of para-hydroxylation sites is 1. The van der Waals surface area contributed by atoms with E-state index in [0.717, 1.165) is 5.56 Å². The number of ketones is 1. The Morgan fingerprint density at radius 2 is 1.56 bits per heavy atom. The number of nitrogens with one attached hydrogen (secondary N) is 1. The predicted octanol–water partition coefficient (Wildman–Crippen LogP) is 3.39. The van der Waals surface area contributed by atoms with Gasteiger partial charge in [-0.05, 0) is 30.2 Å². The summed E-state index contributed by atoms with van der Waals surface area (Å²) < 4.78 is 4.53. The maximum atomic E-state index is 12.3. The van der Waals surface area contributed by atoms with E-state index in [1.54, 1.807) is 24.3 Å². The summed E-state index contributed by atoms with van der Waals surface area (Å²) >= 11 is 0. The number of hydrogen-bond donors (Lipinski definition) is 1. The van der Waals surface area contributed by atoms with Gasteiger partial charge in [-0.1, -0.05) is 36.4 Å². The minimum absolute atomic E-state index is 0.00501. The van der Waals surface area contributed by atoms with Crippen LogP contribution in [0, 0.1) is 0 Å². The second-order valence-corrected chi connectivity index (χ2v) is 5.59. The lowest BCUT2D eigenvalue weighted by molar-refractivity contribution is -0.141. The van der Waals surface area contributed by atoms with Gasteiger partial charge in [-0.3, -0.25) is 14.4 Å². The van der Waals surface area contributed by atoms with E-state index >= 15 is 0 Å². The van der Waals surface area contributed by atoms with Gasteiger partial charge in [0.15, 0.2) is 0 Å². The number of amides is 1. The molecule has 2 aromatic carbocycles. The number of hydrogen-bond acceptors (Lipinski definition) is 4. The summed E-state index contributed by atoms with van der Waals surface area (Å²) in [5.74, 6) is -0.580. The van der Waals surface area contributed by atoms with Crippen LogP contribution in [0.5, 0.6) is 0 Å². The second kappa shape index (κ2) is 9.37. The molecule has 0 saturated carbocycles. The summed E-state index contributed by atoms with van der Waals surface area (Å²) in [4.78, 5) is 35.3. The van der Waals surface area contributed by atoms with Crippen LogP contribution in [0.15, 0.2) is 54.6 Å². The molecule has 0 fully saturated rings. The van der Waals surface area contributed by atoms with E-state index in [2.05, 4.69) is 10.1 Å². The Labute approximate surface area is 147 Å². The molecule has 5 heteroatoms. The number of aryl methyl sites for hydroxylation is 1. The topological polar surface area (TPSA) is 72.5 Å². The van der Waals surface area contributed by atoms with Crippen LogP contribution < -0.4 is 5.32 Å². The molecule has 2 rings (SSSR count). The van der Waals surface area contributed by atoms with Crippen molar-refractivity contribution in [2.75, 3.05) is 12.4 Å². The Balaban J connectivity index is 1.95. The molecule has 0 bridgehead atoms. The SMILES string of the molecule is COC(=O)CCC(=O)CCc1ccccc1NC(=O)c1ccccc1. The third-order valence-corrected chi connectivity index (χ3v) is 3.81. The molecule has 0 aliphatic carbocycles. The molecule has 1 N–H and O–H groups in total. The summed E-state index contributed by atoms with van der Waals surface area (Å²) in [6.07, 6.45) is 1.09. The van der Waals surface area contributed by atoms with E-state index < -0.39 is 0 Å². The first-order chi connectivity index (χ1) is 12.1. The van der Waals surface area contributed by atoms with Crippen LogP contribution in [0.4, 0.5) is 5.69 Å². The molecular formula is C20H21NO4. The van der Waals surface area contributed by atoms with E-state index in [9.17, 15) is 14.4 Å². The van der Waals surface area contributed by atoms with Gasteiger partial charge in [0.25, 0.3) is 5.91 Å². The molecule has 0 heterocycles. The van der Waals surface area contributed by atoms with Gasteiger partial charge in [0.05, 0.1) is 13.5 Å². The Morgan fingerprint density at radius 1 is 0.880 bits per heavy atom. The van der Waals surface area contributed by atoms with Crippen molar-refractivity contribution in [1.29, 1.82) is 0 Å². The Morgan fingerprint density at radius 3 is 2.28 bits per heavy atom. The number of benzene rings is 2. The summed E-state index contributed by atoms with van der Waals surface area (Å²) in [6, 6.07) is 16.4. The lowest BCUT2D eigenvalue weighted by Crippen LogP contribution is -2.13. The molecule has 0 aliphatic rings. The van der Waals surface area contributed by atoms with Crippen LogP contribution in [0.3, 0.4) is 0 Å². The zero-order chi connectivity index (χ0) is 18.1. The number of anilines is 1. The highest BCUT2D eigenvalue weighted by molar-refractivity contribution is 6.04. The van der Waals surface area contributed by atoms with Crippen LogP contribution in [-0.4, -0.2) is 24.8 Å². The van der Waals surface area contributed by atoms with Gasteiger partial charge in [0.1, 0.15) is 5.78 Å². The lowest BCUT2D eigenvalue weighted by atomic mass is 10.0. The van der Waals surface area contributed by atoms with Crippen molar-refractivity contribution in [1.82, 2.24) is 0 Å². The highest BCUT2D eigenvalue weighted by atomic mass is 16.5. The van der Waals surface area contributed by atoms with Crippen LogP contribution in [0.25, 0.3) is 0 Å². The number of Topliss-reactive ketones (excluding diaryl/α,β-unsaturated/α-hetero) is 1. The van der Waals surface area contributed by atoms with E-state index in [1.807, 2.05) is 30.3 Å². The van der Waals surface area contributed by atoms with Crippen molar-refractivity contribution in [3.63, 3.8) is 0 Å². The van der Waals surface area contributed by atoms with Gasteiger partial charge in [-0.15, -0.1) is 0 Å². The van der Waals surface area contributed by atoms with E-state index in [1.165, 1.54) is 7.11 Å². The number of ether oxygens (including phenoxy) is 1. The molecule has 1 amide bonds. The number of carbonyl (C=O) groups is 3. The van der Waals surface area contributed by atoms with Gasteiger partial charge < -0.3 is 10.1 Å². The van der Waals surface area contributed by atoms with Crippen molar-refractivity contribution >= 4 is 23.3 Å². The van der Waals surface area contributed by atoms with Crippen LogP contribution in [-0.2, 0) is 20.7 Å². The number of methoxy groups -OCH3 is 1. The quantitative estimate of drug-likeness (QED) is 0.748. The molecule has 0 radical (unpaired) electrons. The van der Waals surface area contributed by atoms with Crippen molar-refractivity contribution < 1.29 is 19.1 Å². The normalized spacial score (nSPS) is 10.1. The fourth-order valence-electron chi connectivity index (χ4n) is 2.39. The molecule has 25 heavy (non-hydrogen) atoms. The molecule has 0 spiro atoms. The first kappa shape index (κ1) is 18.4. The van der Waals surface area contributed by atoms with Crippen molar-refractivity contribution in [2.45, 2.75) is 25.7 Å². The number of carbonyl (C=O) groups excluding carboxylic acids is 3. The molecule has 0 saturated heterocycles. The van der Waals surface area contributed by atoms with Crippen molar-refractivity contribution in [3.05, 3.63) is 65.7 Å². The Kier molecular flexibility index (Phi) is 6.89. The highest BCUT2D eigenvalue weighted by Gasteiger charge is 2.11. The first-order valence-electron chi connectivity index (χ1n) is 8.13. The van der Waals surface area contributed by atoms with E-state index in [0.29, 0.717) is 24.1 Å². The fraction of sp³-hybridized carbons (Fsp3) is 0.250. The predicted molar refractivity (Wildman–Crippen MR) is 95.4 cm³/mol. The monoisotopic (exact) mass is 339 g/mol. The maximum absolute atomic E-state index is 12.3. The van der Waals surface area contributed by atoms with Crippen LogP contribution in [0.1, 0.15) is 35.2 Å². The average Bonchev–Trinajstić information content (AvgIpc) is 2.66. The third kappa shape index (κ3) is 5.88. The summed E-state index contributed by atoms with van der Waals surface area (Å²) in [5, 5.41) is 2.89. The minimum atomic E-state index is -0.385. The number of esters is 1. The standard InChI is InChI=1S/C20H21NO4/c1-25-19(23)14-13-17(22)12-11-15-7-5-6-10-18(15)21-20(24)16-8-3-2-4-9-16/h2-10H,11-14H2,1H3,(H,21,24). The van der Waals surface area contributed by atoms with Gasteiger partial charge in [-0.2, -0.15) is 0 Å². The van der Waals surface area contributed by atoms with Crippen LogP contribution >= 0.6 is 0 Å². The van der Waals surface area contributed by atoms with Crippen molar-refractivity contribution in [3.8, 4) is 0 Å². The second-order valence-electron chi connectivity index (χ2n) is 5.59. The average molecular weight is 339 g/mol. The summed E-state index contributed by atoms with van der Waals surface area (Å²) in [7, 11) is 1.30. The molecule has 0 aliphatic heterocycles. The van der Waals surface area contributed by atoms with E-state index in [-0.39, 0.29) is 30.5 Å². The zero-order valence-electron chi connectivity index (χ0n) is 14.2. The Bertz CT molecular complexity index is 740. The fourth-order valence-corrected chi connectivity index (χ4v) is 2.39. The molecule has 0 atom stereocenters. The van der Waals surface area contributed by atoms with Gasteiger partial charge in [0.2, 0.25) is 0 Å². The number of rotatable bonds is 8. The molecule has 2 aromatic rings. The largest absolute Gasteiger partial charge is 0.469 e. The van der Waals surface area contributed by atoms with Crippen molar-refractivity contribution in [2.24, 2.45) is 0 Å². The minimum Gasteiger partial charge on any atom is -0.469 e. The summed E-state index contributed by atoms with van der Waals surface area (Å²) in [5.41, 5.74) is 2.15. The molecule has 0 aromatic heterocycles. The molecule has 5 nitrogen and oxygen atoms in total.